The molecule has 0 heteroatoms. The van der Waals surface area contributed by atoms with Crippen LogP contribution in [0, 0.1) is 5.41 Å². The third-order valence-corrected chi connectivity index (χ3v) is 6.79. The van der Waals surface area contributed by atoms with Crippen molar-refractivity contribution in [1.82, 2.24) is 0 Å². The summed E-state index contributed by atoms with van der Waals surface area (Å²) in [5.74, 6) is 0.464. The van der Waals surface area contributed by atoms with Crippen LogP contribution < -0.4 is 0 Å². The molecule has 148 valence electrons. The number of fused-ring (bicyclic) bond motifs is 3. The van der Waals surface area contributed by atoms with E-state index in [1.807, 2.05) is 0 Å². The van der Waals surface area contributed by atoms with Crippen molar-refractivity contribution in [2.24, 2.45) is 5.41 Å². The van der Waals surface area contributed by atoms with Gasteiger partial charge in [-0.1, -0.05) is 117 Å². The maximum atomic E-state index is 2.43. The van der Waals surface area contributed by atoms with Crippen LogP contribution in [0.4, 0.5) is 0 Å². The first-order valence-corrected chi connectivity index (χ1v) is 10.9. The molecule has 0 N–H and O–H groups in total. The molecule has 6 rings (SSSR count). The van der Waals surface area contributed by atoms with Crippen molar-refractivity contribution >= 4 is 17.7 Å². The first kappa shape index (κ1) is 18.9. The fourth-order valence-electron chi connectivity index (χ4n) is 5.14. The molecule has 0 saturated heterocycles. The maximum Gasteiger partial charge on any atom is 0.0119 e. The van der Waals surface area contributed by atoms with Crippen LogP contribution in [0.1, 0.15) is 53.1 Å². The van der Waals surface area contributed by atoms with E-state index in [0.29, 0.717) is 5.92 Å². The zero-order valence-electron chi connectivity index (χ0n) is 17.8. The Morgan fingerprint density at radius 3 is 2.23 bits per heavy atom. The van der Waals surface area contributed by atoms with Crippen molar-refractivity contribution in [3.63, 3.8) is 0 Å². The van der Waals surface area contributed by atoms with Gasteiger partial charge in [0.15, 0.2) is 0 Å². The zero-order chi connectivity index (χ0) is 20.6. The summed E-state index contributed by atoms with van der Waals surface area (Å²) in [4.78, 5) is 0. The molecule has 1 unspecified atom stereocenters. The molecule has 1 atom stereocenters. The minimum atomic E-state index is 0.121. The van der Waals surface area contributed by atoms with Gasteiger partial charge in [-0.05, 0) is 51.8 Å². The Morgan fingerprint density at radius 2 is 1.40 bits per heavy atom. The summed E-state index contributed by atoms with van der Waals surface area (Å²) in [6.07, 6.45) is 13.7. The van der Waals surface area contributed by atoms with Gasteiger partial charge in [0.05, 0.1) is 0 Å². The van der Waals surface area contributed by atoms with Crippen LogP contribution >= 0.6 is 0 Å². The second-order valence-electron chi connectivity index (χ2n) is 8.97. The van der Waals surface area contributed by atoms with E-state index in [2.05, 4.69) is 117 Å². The maximum absolute atomic E-state index is 2.43. The fourth-order valence-corrected chi connectivity index (χ4v) is 5.14. The Balaban J connectivity index is 0.000000178. The van der Waals surface area contributed by atoms with E-state index in [0.717, 1.165) is 12.8 Å². The predicted molar refractivity (Wildman–Crippen MR) is 129 cm³/mol. The summed E-state index contributed by atoms with van der Waals surface area (Å²) >= 11 is 0. The largest absolute Gasteiger partial charge is 0.0795 e. The van der Waals surface area contributed by atoms with Gasteiger partial charge in [-0.3, -0.25) is 0 Å². The van der Waals surface area contributed by atoms with E-state index in [9.17, 15) is 0 Å². The van der Waals surface area contributed by atoms with Gasteiger partial charge in [-0.15, -0.1) is 0 Å². The van der Waals surface area contributed by atoms with Gasteiger partial charge < -0.3 is 0 Å². The molecule has 3 aliphatic rings. The third-order valence-electron chi connectivity index (χ3n) is 6.79. The number of hydrogen-bond acceptors (Lipinski definition) is 0. The van der Waals surface area contributed by atoms with Crippen LogP contribution in [-0.2, 0) is 12.8 Å². The average Bonchev–Trinajstić information content (AvgIpc) is 3.51. The van der Waals surface area contributed by atoms with E-state index >= 15 is 0 Å². The lowest BCUT2D eigenvalue weighted by Gasteiger charge is -2.34. The van der Waals surface area contributed by atoms with Gasteiger partial charge >= 0.3 is 0 Å². The smallest absolute Gasteiger partial charge is 0.0119 e. The summed E-state index contributed by atoms with van der Waals surface area (Å²) in [7, 11) is 0. The van der Waals surface area contributed by atoms with Crippen LogP contribution in [0.5, 0.6) is 0 Å². The van der Waals surface area contributed by atoms with Gasteiger partial charge in [-0.25, -0.2) is 0 Å². The molecule has 0 saturated carbocycles. The Hall–Kier alpha value is -3.12. The summed E-state index contributed by atoms with van der Waals surface area (Å²) in [5, 5.41) is 0. The van der Waals surface area contributed by atoms with Crippen molar-refractivity contribution in [2.75, 3.05) is 0 Å². The predicted octanol–water partition coefficient (Wildman–Crippen LogP) is 7.72. The zero-order valence-corrected chi connectivity index (χ0v) is 17.8. The van der Waals surface area contributed by atoms with E-state index in [1.165, 1.54) is 39.0 Å². The molecule has 0 radical (unpaired) electrons. The second-order valence-corrected chi connectivity index (χ2v) is 8.97. The molecular formula is C30H28. The molecule has 0 aromatic heterocycles. The fraction of sp³-hybridized carbons (Fsp3) is 0.200. The monoisotopic (exact) mass is 388 g/mol. The lowest BCUT2D eigenvalue weighted by Crippen LogP contribution is -2.21. The van der Waals surface area contributed by atoms with Crippen molar-refractivity contribution in [3.8, 4) is 0 Å². The molecule has 3 aliphatic carbocycles. The summed E-state index contributed by atoms with van der Waals surface area (Å²) < 4.78 is 0. The highest BCUT2D eigenvalue weighted by Gasteiger charge is 2.37. The Labute approximate surface area is 180 Å². The first-order chi connectivity index (χ1) is 14.6. The van der Waals surface area contributed by atoms with Gasteiger partial charge in [0.2, 0.25) is 0 Å². The molecule has 30 heavy (non-hydrogen) atoms. The topological polar surface area (TPSA) is 0 Å². The van der Waals surface area contributed by atoms with Crippen LogP contribution in [0.25, 0.3) is 17.7 Å². The van der Waals surface area contributed by atoms with Crippen LogP contribution in [0.3, 0.4) is 0 Å². The normalized spacial score (nSPS) is 17.7. The Morgan fingerprint density at radius 1 is 0.700 bits per heavy atom. The lowest BCUT2D eigenvalue weighted by atomic mass is 9.69. The third kappa shape index (κ3) is 3.27. The highest BCUT2D eigenvalue weighted by atomic mass is 14.4. The summed E-state index contributed by atoms with van der Waals surface area (Å²) in [5.41, 5.74) is 10.2. The molecule has 0 bridgehead atoms. The van der Waals surface area contributed by atoms with E-state index in [1.54, 1.807) is 0 Å². The van der Waals surface area contributed by atoms with E-state index in [-0.39, 0.29) is 5.41 Å². The van der Waals surface area contributed by atoms with Crippen molar-refractivity contribution in [2.45, 2.75) is 32.6 Å². The highest BCUT2D eigenvalue weighted by molar-refractivity contribution is 5.79. The Kier molecular flexibility index (Phi) is 4.79. The number of allylic oxidation sites excluding steroid dienone is 4. The molecule has 3 aromatic carbocycles. The molecule has 0 heterocycles. The molecule has 0 spiro atoms. The molecule has 0 nitrogen and oxygen atoms in total. The van der Waals surface area contributed by atoms with Crippen LogP contribution in [-0.4, -0.2) is 0 Å². The minimum absolute atomic E-state index is 0.121. The molecule has 0 aliphatic heterocycles. The summed E-state index contributed by atoms with van der Waals surface area (Å²) in [6, 6.07) is 26.1. The van der Waals surface area contributed by atoms with Gasteiger partial charge in [0, 0.05) is 11.3 Å². The van der Waals surface area contributed by atoms with E-state index < -0.39 is 0 Å². The van der Waals surface area contributed by atoms with Crippen molar-refractivity contribution in [3.05, 3.63) is 124 Å². The molecule has 0 fully saturated rings. The van der Waals surface area contributed by atoms with Crippen molar-refractivity contribution in [1.29, 1.82) is 0 Å². The van der Waals surface area contributed by atoms with Crippen LogP contribution in [0.15, 0.2) is 91.0 Å². The highest BCUT2D eigenvalue weighted by Crippen LogP contribution is 2.52. The quantitative estimate of drug-likeness (QED) is 0.421. The van der Waals surface area contributed by atoms with Crippen molar-refractivity contribution < 1.29 is 0 Å². The SMILES string of the molecule is C1=Cc2ccccc2C1.CC(C)(C1=CCc2ccccc21)C1C=Cc2ccccc21. The average molecular weight is 389 g/mol. The van der Waals surface area contributed by atoms with E-state index in [4.69, 9.17) is 0 Å². The lowest BCUT2D eigenvalue weighted by molar-refractivity contribution is 0.450. The van der Waals surface area contributed by atoms with Gasteiger partial charge in [-0.2, -0.15) is 0 Å². The first-order valence-electron chi connectivity index (χ1n) is 10.9. The van der Waals surface area contributed by atoms with Crippen LogP contribution in [0.2, 0.25) is 0 Å². The number of hydrogen-bond donors (Lipinski definition) is 0. The Bertz CT molecular complexity index is 1170. The minimum Gasteiger partial charge on any atom is -0.0795 e. The number of benzene rings is 3. The standard InChI is InChI=1S/C21H20.C9H8/c1-21(2,19-13-11-15-7-3-5-9-17(15)19)20-14-12-16-8-4-6-10-18(16)20;1-2-5-9-7-3-6-8(9)4-1/h3-11,13-14,19H,12H2,1-2H3;1-6H,7H2. The summed E-state index contributed by atoms with van der Waals surface area (Å²) in [6.45, 7) is 4.77. The second kappa shape index (κ2) is 7.61. The van der Waals surface area contributed by atoms with Gasteiger partial charge in [0.25, 0.3) is 0 Å². The molecule has 0 amide bonds. The molecule has 3 aromatic rings. The number of rotatable bonds is 2. The van der Waals surface area contributed by atoms with Gasteiger partial charge in [0.1, 0.15) is 0 Å². The molecular weight excluding hydrogens is 360 g/mol.